The van der Waals surface area contributed by atoms with E-state index in [1.165, 1.54) is 42.7 Å². The SMILES string of the molecule is NS(=O)(=O)c1ccc(NC(=O)c2cnccc2Cl)cc1. The van der Waals surface area contributed by atoms with E-state index in [-0.39, 0.29) is 15.5 Å². The number of carbonyl (C=O) groups excluding carboxylic acids is 1. The van der Waals surface area contributed by atoms with Crippen LogP contribution in [0.1, 0.15) is 10.4 Å². The highest BCUT2D eigenvalue weighted by atomic mass is 35.5. The monoisotopic (exact) mass is 311 g/mol. The maximum absolute atomic E-state index is 11.9. The van der Waals surface area contributed by atoms with E-state index in [1.54, 1.807) is 0 Å². The largest absolute Gasteiger partial charge is 0.322 e. The smallest absolute Gasteiger partial charge is 0.258 e. The van der Waals surface area contributed by atoms with Crippen molar-refractivity contribution in [1.82, 2.24) is 4.98 Å². The van der Waals surface area contributed by atoms with Crippen LogP contribution in [0.5, 0.6) is 0 Å². The van der Waals surface area contributed by atoms with Crippen LogP contribution in [0.3, 0.4) is 0 Å². The Morgan fingerprint density at radius 2 is 1.85 bits per heavy atom. The predicted octanol–water partition coefficient (Wildman–Crippen LogP) is 1.63. The quantitative estimate of drug-likeness (QED) is 0.899. The summed E-state index contributed by atoms with van der Waals surface area (Å²) in [5.41, 5.74) is 0.645. The minimum atomic E-state index is -3.75. The van der Waals surface area contributed by atoms with E-state index in [0.29, 0.717) is 5.69 Å². The normalized spacial score (nSPS) is 11.1. The van der Waals surface area contributed by atoms with E-state index in [4.69, 9.17) is 16.7 Å². The summed E-state index contributed by atoms with van der Waals surface area (Å²) in [6, 6.07) is 6.97. The molecule has 1 aromatic heterocycles. The average molecular weight is 312 g/mol. The van der Waals surface area contributed by atoms with Crippen LogP contribution in [-0.4, -0.2) is 19.3 Å². The van der Waals surface area contributed by atoms with E-state index >= 15 is 0 Å². The van der Waals surface area contributed by atoms with Crippen molar-refractivity contribution in [2.75, 3.05) is 5.32 Å². The first-order chi connectivity index (χ1) is 9.38. The first-order valence-corrected chi connectivity index (χ1v) is 7.34. The van der Waals surface area contributed by atoms with Crippen molar-refractivity contribution in [1.29, 1.82) is 0 Å². The zero-order valence-corrected chi connectivity index (χ0v) is 11.6. The van der Waals surface area contributed by atoms with Gasteiger partial charge in [0.15, 0.2) is 0 Å². The fourth-order valence-corrected chi connectivity index (χ4v) is 2.18. The van der Waals surface area contributed by atoms with Gasteiger partial charge in [-0.2, -0.15) is 0 Å². The topological polar surface area (TPSA) is 102 Å². The summed E-state index contributed by atoms with van der Waals surface area (Å²) in [5, 5.41) is 7.83. The standard InChI is InChI=1S/C12H10ClN3O3S/c13-11-5-6-15-7-10(11)12(17)16-8-1-3-9(4-2-8)20(14,18)19/h1-7H,(H,16,17)(H2,14,18,19). The number of nitrogens with one attached hydrogen (secondary N) is 1. The van der Waals surface area contributed by atoms with Crippen molar-refractivity contribution in [3.05, 3.63) is 53.3 Å². The van der Waals surface area contributed by atoms with Crippen LogP contribution in [0.4, 0.5) is 5.69 Å². The summed E-state index contributed by atoms with van der Waals surface area (Å²) in [4.78, 5) is 15.7. The number of pyridine rings is 1. The molecule has 0 aliphatic rings. The Labute approximate surface area is 120 Å². The molecule has 0 saturated carbocycles. The van der Waals surface area contributed by atoms with Crippen LogP contribution < -0.4 is 10.5 Å². The second kappa shape index (κ2) is 5.58. The number of sulfonamides is 1. The third-order valence-electron chi connectivity index (χ3n) is 2.45. The Balaban J connectivity index is 2.19. The van der Waals surface area contributed by atoms with Gasteiger partial charge in [0, 0.05) is 18.1 Å². The van der Waals surface area contributed by atoms with Gasteiger partial charge in [-0.3, -0.25) is 9.78 Å². The van der Waals surface area contributed by atoms with Crippen molar-refractivity contribution < 1.29 is 13.2 Å². The van der Waals surface area contributed by atoms with Crippen LogP contribution in [-0.2, 0) is 10.0 Å². The minimum Gasteiger partial charge on any atom is -0.322 e. The van der Waals surface area contributed by atoms with Crippen LogP contribution in [0.25, 0.3) is 0 Å². The summed E-state index contributed by atoms with van der Waals surface area (Å²) in [5.74, 6) is -0.438. The van der Waals surface area contributed by atoms with Crippen molar-refractivity contribution in [2.45, 2.75) is 4.90 Å². The van der Waals surface area contributed by atoms with Gasteiger partial charge < -0.3 is 5.32 Å². The summed E-state index contributed by atoms with van der Waals surface area (Å²) in [7, 11) is -3.75. The molecular weight excluding hydrogens is 302 g/mol. The third-order valence-corrected chi connectivity index (χ3v) is 3.71. The van der Waals surface area contributed by atoms with E-state index in [1.807, 2.05) is 0 Å². The number of primary sulfonamides is 1. The number of anilines is 1. The first-order valence-electron chi connectivity index (χ1n) is 5.41. The lowest BCUT2D eigenvalue weighted by molar-refractivity contribution is 0.102. The predicted molar refractivity (Wildman–Crippen MR) is 75.0 cm³/mol. The number of benzene rings is 1. The molecule has 1 aromatic carbocycles. The molecule has 0 aliphatic heterocycles. The van der Waals surface area contributed by atoms with Crippen LogP contribution >= 0.6 is 11.6 Å². The lowest BCUT2D eigenvalue weighted by Gasteiger charge is -2.06. The number of hydrogen-bond donors (Lipinski definition) is 2. The summed E-state index contributed by atoms with van der Waals surface area (Å²) >= 11 is 5.87. The van der Waals surface area contributed by atoms with Crippen molar-refractivity contribution in [3.8, 4) is 0 Å². The summed E-state index contributed by atoms with van der Waals surface area (Å²) in [6.45, 7) is 0. The van der Waals surface area contributed by atoms with Gasteiger partial charge in [-0.15, -0.1) is 0 Å². The third kappa shape index (κ3) is 3.32. The molecule has 0 spiro atoms. The Bertz CT molecular complexity index is 745. The van der Waals surface area contributed by atoms with Gasteiger partial charge >= 0.3 is 0 Å². The van der Waals surface area contributed by atoms with Gasteiger partial charge in [0.1, 0.15) is 0 Å². The van der Waals surface area contributed by atoms with Gasteiger partial charge in [-0.1, -0.05) is 11.6 Å². The van der Waals surface area contributed by atoms with E-state index in [9.17, 15) is 13.2 Å². The van der Waals surface area contributed by atoms with E-state index in [0.717, 1.165) is 0 Å². The van der Waals surface area contributed by atoms with Gasteiger partial charge in [-0.25, -0.2) is 13.6 Å². The summed E-state index contributed by atoms with van der Waals surface area (Å²) in [6.07, 6.45) is 2.82. The molecule has 0 bridgehead atoms. The number of nitrogens with zero attached hydrogens (tertiary/aromatic N) is 1. The van der Waals surface area contributed by atoms with E-state index in [2.05, 4.69) is 10.3 Å². The second-order valence-electron chi connectivity index (χ2n) is 3.88. The van der Waals surface area contributed by atoms with Gasteiger partial charge in [0.2, 0.25) is 10.0 Å². The van der Waals surface area contributed by atoms with Gasteiger partial charge in [0.05, 0.1) is 15.5 Å². The summed E-state index contributed by atoms with van der Waals surface area (Å²) < 4.78 is 22.2. The van der Waals surface area contributed by atoms with Crippen molar-refractivity contribution >= 4 is 33.2 Å². The molecule has 0 saturated heterocycles. The zero-order chi connectivity index (χ0) is 14.8. The maximum atomic E-state index is 11.9. The van der Waals surface area contributed by atoms with Crippen LogP contribution in [0, 0.1) is 0 Å². The fourth-order valence-electron chi connectivity index (χ4n) is 1.47. The molecule has 0 fully saturated rings. The number of halogens is 1. The molecule has 0 unspecified atom stereocenters. The molecule has 0 aliphatic carbocycles. The fraction of sp³-hybridized carbons (Fsp3) is 0. The molecule has 104 valence electrons. The number of hydrogen-bond acceptors (Lipinski definition) is 4. The average Bonchev–Trinajstić information content (AvgIpc) is 2.38. The van der Waals surface area contributed by atoms with E-state index < -0.39 is 15.9 Å². The van der Waals surface area contributed by atoms with Gasteiger partial charge in [-0.05, 0) is 30.3 Å². The van der Waals surface area contributed by atoms with Crippen molar-refractivity contribution in [3.63, 3.8) is 0 Å². The Hall–Kier alpha value is -1.96. The number of rotatable bonds is 3. The highest BCUT2D eigenvalue weighted by Gasteiger charge is 2.11. The van der Waals surface area contributed by atoms with Crippen LogP contribution in [0.2, 0.25) is 5.02 Å². The first kappa shape index (κ1) is 14.4. The molecule has 8 heteroatoms. The van der Waals surface area contributed by atoms with Gasteiger partial charge in [0.25, 0.3) is 5.91 Å². The minimum absolute atomic E-state index is 0.0325. The van der Waals surface area contributed by atoms with Crippen molar-refractivity contribution in [2.24, 2.45) is 5.14 Å². The highest BCUT2D eigenvalue weighted by molar-refractivity contribution is 7.89. The number of nitrogens with two attached hydrogens (primary N) is 1. The highest BCUT2D eigenvalue weighted by Crippen LogP contribution is 2.17. The molecular formula is C12H10ClN3O3S. The molecule has 2 rings (SSSR count). The molecule has 1 heterocycles. The molecule has 3 N–H and O–H groups in total. The molecule has 2 aromatic rings. The Morgan fingerprint density at radius 3 is 2.40 bits per heavy atom. The molecule has 1 amide bonds. The second-order valence-corrected chi connectivity index (χ2v) is 5.85. The molecule has 20 heavy (non-hydrogen) atoms. The lowest BCUT2D eigenvalue weighted by atomic mass is 10.2. The maximum Gasteiger partial charge on any atom is 0.258 e. The molecule has 6 nitrogen and oxygen atoms in total. The number of amides is 1. The zero-order valence-electron chi connectivity index (χ0n) is 10.1. The molecule has 0 radical (unpaired) electrons. The lowest BCUT2D eigenvalue weighted by Crippen LogP contribution is -2.14. The molecule has 0 atom stereocenters. The number of carbonyl (C=O) groups is 1. The Morgan fingerprint density at radius 1 is 1.20 bits per heavy atom. The Kier molecular flexibility index (Phi) is 4.03. The number of aromatic nitrogens is 1. The van der Waals surface area contributed by atoms with Crippen LogP contribution in [0.15, 0.2) is 47.6 Å².